The molecule has 2 saturated carbocycles. The van der Waals surface area contributed by atoms with Crippen molar-refractivity contribution in [1.82, 2.24) is 4.90 Å². The molecule has 2 saturated heterocycles. The van der Waals surface area contributed by atoms with Crippen molar-refractivity contribution in [2.45, 2.75) is 73.1 Å². The van der Waals surface area contributed by atoms with Crippen molar-refractivity contribution in [2.75, 3.05) is 4.90 Å². The van der Waals surface area contributed by atoms with Gasteiger partial charge in [-0.15, -0.1) is 29.8 Å². The van der Waals surface area contributed by atoms with Crippen LogP contribution in [-0.4, -0.2) is 49.4 Å². The normalized spacial score (nSPS) is 31.5. The summed E-state index contributed by atoms with van der Waals surface area (Å²) >= 11 is 14.3. The first-order chi connectivity index (χ1) is 23.2. The van der Waals surface area contributed by atoms with E-state index >= 15 is 8.78 Å². The zero-order valence-corrected chi connectivity index (χ0v) is 27.3. The third-order valence-corrected chi connectivity index (χ3v) is 12.4. The number of halogens is 7. The Morgan fingerprint density at radius 3 is 2.14 bits per heavy atom. The summed E-state index contributed by atoms with van der Waals surface area (Å²) in [6.07, 6.45) is 6.58. The van der Waals surface area contributed by atoms with Gasteiger partial charge in [0.15, 0.2) is 33.0 Å². The van der Waals surface area contributed by atoms with E-state index in [2.05, 4.69) is 6.58 Å². The van der Waals surface area contributed by atoms with E-state index in [1.807, 2.05) is 0 Å². The maximum Gasteiger partial charge on any atom is 0.258 e. The molecule has 6 atom stereocenters. The number of alkyl halides is 2. The SMILES string of the molecule is C=CCc1cccc(C2C3=CCC4C(=O)N(C5CCCCC5)C(=O)C4C3CC3(Cl)C(=O)N(c4c(F)c(F)c(F)c(F)c4F)C(=O)C23Cl)c1O. The highest BCUT2D eigenvalue weighted by Crippen LogP contribution is 2.67. The van der Waals surface area contributed by atoms with Crippen LogP contribution in [0.25, 0.3) is 0 Å². The molecule has 0 bridgehead atoms. The van der Waals surface area contributed by atoms with E-state index in [0.717, 1.165) is 19.3 Å². The Morgan fingerprint density at radius 2 is 1.51 bits per heavy atom. The minimum absolute atomic E-state index is 0.0323. The van der Waals surface area contributed by atoms with Gasteiger partial charge in [-0.25, -0.2) is 26.9 Å². The molecule has 2 aromatic rings. The maximum atomic E-state index is 15.2. The number of aromatic hydroxyl groups is 1. The number of likely N-dealkylation sites (tertiary alicyclic amines) is 1. The Kier molecular flexibility index (Phi) is 8.02. The molecule has 4 fully saturated rings. The monoisotopic (exact) mass is 722 g/mol. The number of phenols is 1. The smallest absolute Gasteiger partial charge is 0.258 e. The van der Waals surface area contributed by atoms with Crippen LogP contribution in [0.4, 0.5) is 27.6 Å². The zero-order valence-electron chi connectivity index (χ0n) is 25.8. The Balaban J connectivity index is 1.44. The maximum absolute atomic E-state index is 15.2. The number of hydrogen-bond acceptors (Lipinski definition) is 5. The van der Waals surface area contributed by atoms with Gasteiger partial charge in [-0.05, 0) is 43.6 Å². The standard InChI is InChI=1S/C35H29Cl2F5N2O5/c1-2-7-15-8-6-11-19(29(15)45)22-17-12-13-18-21(31(47)43(30(18)46)16-9-4-3-5-10-16)20(17)14-34(36)32(48)44(33(49)35(22,34)37)28-26(41)24(39)23(38)25(40)27(28)42/h2,6,8,11-12,16,18,20-22,45H,1,3-5,7,9-10,13-14H2. The number of nitrogens with zero attached hydrogens (tertiary/aromatic N) is 2. The van der Waals surface area contributed by atoms with Gasteiger partial charge in [-0.3, -0.25) is 24.1 Å². The van der Waals surface area contributed by atoms with Crippen LogP contribution >= 0.6 is 23.2 Å². The number of phenolic OH excluding ortho intramolecular Hbond substituents is 1. The van der Waals surface area contributed by atoms with Gasteiger partial charge in [0.25, 0.3) is 11.8 Å². The van der Waals surface area contributed by atoms with Crippen LogP contribution in [0.1, 0.15) is 62.0 Å². The number of anilines is 1. The average molecular weight is 724 g/mol. The lowest BCUT2D eigenvalue weighted by molar-refractivity contribution is -0.143. The van der Waals surface area contributed by atoms with E-state index in [1.165, 1.54) is 23.1 Å². The molecule has 2 heterocycles. The van der Waals surface area contributed by atoms with Crippen molar-refractivity contribution >= 4 is 52.5 Å². The number of benzene rings is 2. The second-order valence-electron chi connectivity index (χ2n) is 13.4. The predicted octanol–water partition coefficient (Wildman–Crippen LogP) is 6.71. The molecule has 5 aliphatic rings. The summed E-state index contributed by atoms with van der Waals surface area (Å²) in [5.74, 6) is -21.1. The van der Waals surface area contributed by atoms with E-state index in [1.54, 1.807) is 12.1 Å². The average Bonchev–Trinajstić information content (AvgIpc) is 3.43. The third-order valence-electron chi connectivity index (χ3n) is 11.0. The van der Waals surface area contributed by atoms with Crippen LogP contribution in [0, 0.1) is 46.8 Å². The molecule has 0 aromatic heterocycles. The van der Waals surface area contributed by atoms with E-state index in [-0.39, 0.29) is 46.6 Å². The van der Waals surface area contributed by atoms with Crippen LogP contribution in [-0.2, 0) is 25.6 Å². The zero-order chi connectivity index (χ0) is 35.3. The number of imide groups is 2. The molecular formula is C35H29Cl2F5N2O5. The number of allylic oxidation sites excluding steroid dienone is 3. The van der Waals surface area contributed by atoms with Gasteiger partial charge in [0.1, 0.15) is 11.4 Å². The molecule has 258 valence electrons. The van der Waals surface area contributed by atoms with Gasteiger partial charge in [-0.1, -0.05) is 55.2 Å². The lowest BCUT2D eigenvalue weighted by Crippen LogP contribution is -2.60. The van der Waals surface area contributed by atoms with Crippen LogP contribution in [0.2, 0.25) is 0 Å². The van der Waals surface area contributed by atoms with Gasteiger partial charge in [0.2, 0.25) is 17.6 Å². The van der Waals surface area contributed by atoms with Gasteiger partial charge < -0.3 is 5.11 Å². The topological polar surface area (TPSA) is 95.0 Å². The van der Waals surface area contributed by atoms with E-state index in [0.29, 0.717) is 18.4 Å². The Labute approximate surface area is 287 Å². The molecule has 7 nitrogen and oxygen atoms in total. The minimum Gasteiger partial charge on any atom is -0.507 e. The number of hydrogen-bond donors (Lipinski definition) is 1. The fourth-order valence-corrected chi connectivity index (χ4v) is 9.73. The summed E-state index contributed by atoms with van der Waals surface area (Å²) in [7, 11) is 0. The number of rotatable bonds is 5. The highest BCUT2D eigenvalue weighted by atomic mass is 35.5. The molecule has 3 aliphatic carbocycles. The highest BCUT2D eigenvalue weighted by molar-refractivity contribution is 6.58. The van der Waals surface area contributed by atoms with Crippen molar-refractivity contribution in [1.29, 1.82) is 0 Å². The summed E-state index contributed by atoms with van der Waals surface area (Å²) < 4.78 is 73.4. The molecule has 6 unspecified atom stereocenters. The van der Waals surface area contributed by atoms with Crippen LogP contribution in [0.3, 0.4) is 0 Å². The van der Waals surface area contributed by atoms with Gasteiger partial charge >= 0.3 is 0 Å². The predicted molar refractivity (Wildman–Crippen MR) is 167 cm³/mol. The molecule has 4 amide bonds. The lowest BCUT2D eigenvalue weighted by Gasteiger charge is -2.50. The fourth-order valence-electron chi connectivity index (χ4n) is 8.80. The molecule has 49 heavy (non-hydrogen) atoms. The molecule has 0 radical (unpaired) electrons. The van der Waals surface area contributed by atoms with Crippen molar-refractivity contribution in [2.24, 2.45) is 17.8 Å². The second-order valence-corrected chi connectivity index (χ2v) is 14.6. The fraction of sp³-hybridized carbons (Fsp3) is 0.429. The summed E-state index contributed by atoms with van der Waals surface area (Å²) in [6.45, 7) is 3.67. The number of fused-ring (bicyclic) bond motifs is 4. The first-order valence-electron chi connectivity index (χ1n) is 16.0. The summed E-state index contributed by atoms with van der Waals surface area (Å²) in [4.78, 5) is 52.5. The van der Waals surface area contributed by atoms with E-state index in [4.69, 9.17) is 23.2 Å². The number of para-hydroxylation sites is 1. The molecular weight excluding hydrogens is 694 g/mol. The second kappa shape index (κ2) is 11.7. The number of carbonyl (C=O) groups excluding carboxylic acids is 4. The van der Waals surface area contributed by atoms with Crippen molar-refractivity contribution in [3.05, 3.63) is 82.7 Å². The van der Waals surface area contributed by atoms with Gasteiger partial charge in [-0.2, -0.15) is 0 Å². The molecule has 14 heteroatoms. The van der Waals surface area contributed by atoms with Crippen molar-refractivity contribution < 1.29 is 46.2 Å². The first kappa shape index (κ1) is 33.7. The Hall–Kier alpha value is -3.77. The van der Waals surface area contributed by atoms with E-state index in [9.17, 15) is 37.5 Å². The molecule has 2 aliphatic heterocycles. The summed E-state index contributed by atoms with van der Waals surface area (Å²) in [5, 5.41) is 11.5. The van der Waals surface area contributed by atoms with Crippen molar-refractivity contribution in [3.8, 4) is 5.75 Å². The summed E-state index contributed by atoms with van der Waals surface area (Å²) in [5.41, 5.74) is -1.27. The van der Waals surface area contributed by atoms with Crippen molar-refractivity contribution in [3.63, 3.8) is 0 Å². The first-order valence-corrected chi connectivity index (χ1v) is 16.7. The highest BCUT2D eigenvalue weighted by Gasteiger charge is 2.77. The molecule has 7 rings (SSSR count). The molecule has 0 spiro atoms. The summed E-state index contributed by atoms with van der Waals surface area (Å²) in [6, 6.07) is 4.17. The number of carbonyl (C=O) groups is 4. The number of amides is 4. The van der Waals surface area contributed by atoms with Crippen LogP contribution in [0.15, 0.2) is 42.5 Å². The Morgan fingerprint density at radius 1 is 0.878 bits per heavy atom. The largest absolute Gasteiger partial charge is 0.507 e. The third kappa shape index (κ3) is 4.38. The molecule has 2 aromatic carbocycles. The minimum atomic E-state index is -2.71. The van der Waals surface area contributed by atoms with Gasteiger partial charge in [0.05, 0.1) is 11.8 Å². The lowest BCUT2D eigenvalue weighted by atomic mass is 9.56. The quantitative estimate of drug-likeness (QED) is 0.0925. The Bertz CT molecular complexity index is 1870. The van der Waals surface area contributed by atoms with E-state index < -0.39 is 92.3 Å². The molecule has 1 N–H and O–H groups in total. The van der Waals surface area contributed by atoms with Crippen LogP contribution in [0.5, 0.6) is 5.75 Å². The van der Waals surface area contributed by atoms with Gasteiger partial charge in [0, 0.05) is 17.5 Å². The van der Waals surface area contributed by atoms with Crippen LogP contribution < -0.4 is 4.90 Å².